The van der Waals surface area contributed by atoms with E-state index < -0.39 is 0 Å². The first-order valence-electron chi connectivity index (χ1n) is 6.15. The molecule has 3 aromatic rings. The lowest BCUT2D eigenvalue weighted by atomic mass is 10.0. The van der Waals surface area contributed by atoms with Gasteiger partial charge < -0.3 is 0 Å². The van der Waals surface area contributed by atoms with E-state index in [0.717, 1.165) is 5.56 Å². The van der Waals surface area contributed by atoms with E-state index in [9.17, 15) is 4.79 Å². The summed E-state index contributed by atoms with van der Waals surface area (Å²) >= 11 is 5.99. The maximum atomic E-state index is 12.5. The first-order valence-corrected chi connectivity index (χ1v) is 6.53. The summed E-state index contributed by atoms with van der Waals surface area (Å²) in [5, 5.41) is 7.54. The van der Waals surface area contributed by atoms with Gasteiger partial charge >= 0.3 is 0 Å². The molecule has 0 aliphatic heterocycles. The summed E-state index contributed by atoms with van der Waals surface area (Å²) in [4.78, 5) is 12.5. The Hall–Kier alpha value is -2.39. The Balaban J connectivity index is 2.05. The molecule has 0 saturated heterocycles. The Morgan fingerprint density at radius 1 is 1.05 bits per heavy atom. The van der Waals surface area contributed by atoms with Gasteiger partial charge in [-0.2, -0.15) is 5.10 Å². The van der Waals surface area contributed by atoms with E-state index in [0.29, 0.717) is 21.8 Å². The minimum absolute atomic E-state index is 0.0608. The van der Waals surface area contributed by atoms with Crippen molar-refractivity contribution in [3.8, 4) is 11.3 Å². The Labute approximate surface area is 121 Å². The van der Waals surface area contributed by atoms with Crippen molar-refractivity contribution in [3.63, 3.8) is 0 Å². The molecule has 3 rings (SSSR count). The molecule has 4 heteroatoms. The van der Waals surface area contributed by atoms with Crippen molar-refractivity contribution in [1.82, 2.24) is 10.2 Å². The van der Waals surface area contributed by atoms with Gasteiger partial charge in [-0.25, -0.2) is 0 Å². The van der Waals surface area contributed by atoms with Gasteiger partial charge in [-0.3, -0.25) is 9.89 Å². The number of rotatable bonds is 3. The van der Waals surface area contributed by atoms with E-state index >= 15 is 0 Å². The minimum atomic E-state index is -0.0608. The number of carbonyl (C=O) groups excluding carboxylic acids is 1. The molecule has 0 bridgehead atoms. The van der Waals surface area contributed by atoms with Crippen molar-refractivity contribution < 1.29 is 4.79 Å². The van der Waals surface area contributed by atoms with E-state index in [1.807, 2.05) is 30.3 Å². The highest BCUT2D eigenvalue weighted by atomic mass is 35.5. The molecule has 0 radical (unpaired) electrons. The highest BCUT2D eigenvalue weighted by molar-refractivity contribution is 6.30. The van der Waals surface area contributed by atoms with Crippen LogP contribution in [0.3, 0.4) is 0 Å². The number of H-pyrrole nitrogens is 1. The van der Waals surface area contributed by atoms with Crippen molar-refractivity contribution in [2.75, 3.05) is 0 Å². The van der Waals surface area contributed by atoms with E-state index in [2.05, 4.69) is 10.2 Å². The molecule has 0 fully saturated rings. The molecule has 20 heavy (non-hydrogen) atoms. The second kappa shape index (κ2) is 5.31. The zero-order chi connectivity index (χ0) is 13.9. The summed E-state index contributed by atoms with van der Waals surface area (Å²) in [5.41, 5.74) is 2.61. The minimum Gasteiger partial charge on any atom is -0.288 e. The molecule has 0 aliphatic carbocycles. The van der Waals surface area contributed by atoms with E-state index in [1.54, 1.807) is 30.5 Å². The van der Waals surface area contributed by atoms with Gasteiger partial charge in [-0.15, -0.1) is 0 Å². The summed E-state index contributed by atoms with van der Waals surface area (Å²) < 4.78 is 0. The Bertz CT molecular complexity index is 750. The number of benzene rings is 2. The third-order valence-corrected chi connectivity index (χ3v) is 3.25. The van der Waals surface area contributed by atoms with Gasteiger partial charge in [0.05, 0.1) is 5.56 Å². The lowest BCUT2D eigenvalue weighted by molar-refractivity contribution is 0.103. The molecule has 1 heterocycles. The van der Waals surface area contributed by atoms with Crippen LogP contribution in [-0.2, 0) is 0 Å². The SMILES string of the molecule is O=C(c1ccccc1)c1c[nH]nc1-c1cccc(Cl)c1. The number of carbonyl (C=O) groups is 1. The van der Waals surface area contributed by atoms with Crippen LogP contribution in [0.5, 0.6) is 0 Å². The number of aromatic amines is 1. The van der Waals surface area contributed by atoms with Crippen LogP contribution in [0.4, 0.5) is 0 Å². The molecule has 0 atom stereocenters. The van der Waals surface area contributed by atoms with Gasteiger partial charge in [0.25, 0.3) is 0 Å². The second-order valence-corrected chi connectivity index (χ2v) is 4.79. The van der Waals surface area contributed by atoms with Crippen LogP contribution in [0, 0.1) is 0 Å². The Kier molecular flexibility index (Phi) is 3.35. The zero-order valence-electron chi connectivity index (χ0n) is 10.5. The first-order chi connectivity index (χ1) is 9.75. The van der Waals surface area contributed by atoms with Crippen molar-refractivity contribution in [2.24, 2.45) is 0 Å². The van der Waals surface area contributed by atoms with Gasteiger partial charge in [-0.05, 0) is 12.1 Å². The number of hydrogen-bond acceptors (Lipinski definition) is 2. The normalized spacial score (nSPS) is 10.4. The summed E-state index contributed by atoms with van der Waals surface area (Å²) in [7, 11) is 0. The largest absolute Gasteiger partial charge is 0.288 e. The molecule has 0 amide bonds. The monoisotopic (exact) mass is 282 g/mol. The molecule has 98 valence electrons. The smallest absolute Gasteiger partial charge is 0.196 e. The topological polar surface area (TPSA) is 45.8 Å². The summed E-state index contributed by atoms with van der Waals surface area (Å²) in [6.07, 6.45) is 1.62. The van der Waals surface area contributed by atoms with Crippen LogP contribution in [0.15, 0.2) is 60.8 Å². The lowest BCUT2D eigenvalue weighted by Gasteiger charge is -2.03. The van der Waals surface area contributed by atoms with Crippen LogP contribution in [0.25, 0.3) is 11.3 Å². The summed E-state index contributed by atoms with van der Waals surface area (Å²) in [6.45, 7) is 0. The molecule has 1 N–H and O–H groups in total. The number of hydrogen-bond donors (Lipinski definition) is 1. The Morgan fingerprint density at radius 2 is 1.85 bits per heavy atom. The molecule has 2 aromatic carbocycles. The summed E-state index contributed by atoms with van der Waals surface area (Å²) in [5.74, 6) is -0.0608. The number of aromatic nitrogens is 2. The van der Waals surface area contributed by atoms with Crippen molar-refractivity contribution in [2.45, 2.75) is 0 Å². The number of ketones is 1. The van der Waals surface area contributed by atoms with E-state index in [4.69, 9.17) is 11.6 Å². The quantitative estimate of drug-likeness (QED) is 0.739. The van der Waals surface area contributed by atoms with Crippen LogP contribution in [0.1, 0.15) is 15.9 Å². The fourth-order valence-corrected chi connectivity index (χ4v) is 2.25. The number of nitrogens with zero attached hydrogens (tertiary/aromatic N) is 1. The van der Waals surface area contributed by atoms with Crippen LogP contribution in [-0.4, -0.2) is 16.0 Å². The average Bonchev–Trinajstić information content (AvgIpc) is 2.97. The van der Waals surface area contributed by atoms with Gasteiger partial charge in [0.2, 0.25) is 0 Å². The van der Waals surface area contributed by atoms with E-state index in [1.165, 1.54) is 0 Å². The highest BCUT2D eigenvalue weighted by Gasteiger charge is 2.17. The third-order valence-electron chi connectivity index (χ3n) is 3.02. The van der Waals surface area contributed by atoms with Crippen LogP contribution in [0.2, 0.25) is 5.02 Å². The predicted octanol–water partition coefficient (Wildman–Crippen LogP) is 3.96. The Morgan fingerprint density at radius 3 is 2.60 bits per heavy atom. The summed E-state index contributed by atoms with van der Waals surface area (Å²) in [6, 6.07) is 16.4. The van der Waals surface area contributed by atoms with Gasteiger partial charge in [0.15, 0.2) is 5.78 Å². The molecule has 1 aromatic heterocycles. The molecule has 0 unspecified atom stereocenters. The number of nitrogens with one attached hydrogen (secondary N) is 1. The fraction of sp³-hybridized carbons (Fsp3) is 0. The maximum Gasteiger partial charge on any atom is 0.196 e. The average molecular weight is 283 g/mol. The second-order valence-electron chi connectivity index (χ2n) is 4.35. The van der Waals surface area contributed by atoms with E-state index in [-0.39, 0.29) is 5.78 Å². The van der Waals surface area contributed by atoms with Gasteiger partial charge in [0, 0.05) is 22.3 Å². The maximum absolute atomic E-state index is 12.5. The number of halogens is 1. The van der Waals surface area contributed by atoms with Crippen molar-refractivity contribution >= 4 is 17.4 Å². The third kappa shape index (κ3) is 2.36. The zero-order valence-corrected chi connectivity index (χ0v) is 11.3. The van der Waals surface area contributed by atoms with Crippen molar-refractivity contribution in [3.05, 3.63) is 76.9 Å². The molecular formula is C16H11ClN2O. The van der Waals surface area contributed by atoms with Crippen molar-refractivity contribution in [1.29, 1.82) is 0 Å². The first kappa shape index (κ1) is 12.6. The molecule has 0 spiro atoms. The fourth-order valence-electron chi connectivity index (χ4n) is 2.06. The molecule has 3 nitrogen and oxygen atoms in total. The lowest BCUT2D eigenvalue weighted by Crippen LogP contribution is -2.01. The molecule has 0 saturated carbocycles. The standard InChI is InChI=1S/C16H11ClN2O/c17-13-8-4-7-12(9-13)15-14(10-18-19-15)16(20)11-5-2-1-3-6-11/h1-10H,(H,18,19). The van der Waals surface area contributed by atoms with Gasteiger partial charge in [0.1, 0.15) is 5.69 Å². The van der Waals surface area contributed by atoms with Gasteiger partial charge in [-0.1, -0.05) is 54.1 Å². The highest BCUT2D eigenvalue weighted by Crippen LogP contribution is 2.25. The van der Waals surface area contributed by atoms with Crippen LogP contribution < -0.4 is 0 Å². The molecular weight excluding hydrogens is 272 g/mol. The van der Waals surface area contributed by atoms with Crippen LogP contribution >= 0.6 is 11.6 Å². The predicted molar refractivity (Wildman–Crippen MR) is 78.9 cm³/mol. The molecule has 0 aliphatic rings.